The number of thiophene rings is 1. The summed E-state index contributed by atoms with van der Waals surface area (Å²) >= 11 is 1.20. The summed E-state index contributed by atoms with van der Waals surface area (Å²) in [7, 11) is 0. The molecule has 0 saturated heterocycles. The summed E-state index contributed by atoms with van der Waals surface area (Å²) in [5.41, 5.74) is 4.06. The number of carbonyl (C=O) groups excluding carboxylic acids is 1. The Bertz CT molecular complexity index is 1400. The molecule has 2 aromatic carbocycles. The van der Waals surface area contributed by atoms with Crippen LogP contribution in [0, 0.1) is 17.0 Å². The number of nitrogens with one attached hydrogen (secondary N) is 1. The van der Waals surface area contributed by atoms with Gasteiger partial charge in [0.1, 0.15) is 11.5 Å². The van der Waals surface area contributed by atoms with Gasteiger partial charge >= 0.3 is 5.97 Å². The molecule has 32 heavy (non-hydrogen) atoms. The SMILES string of the molecule is Cc1cc(C(=O)O)ccc1-c1ccc(/C=N\NC(=O)c2cc3cc([N+](=O)[O-])ccc3s2)o1. The summed E-state index contributed by atoms with van der Waals surface area (Å²) in [5.74, 6) is -0.510. The quantitative estimate of drug-likeness (QED) is 0.246. The molecule has 0 spiro atoms. The lowest BCUT2D eigenvalue weighted by Gasteiger charge is -2.03. The number of fused-ring (bicyclic) bond motifs is 1. The van der Waals surface area contributed by atoms with E-state index in [4.69, 9.17) is 9.52 Å². The molecule has 0 unspecified atom stereocenters. The molecule has 160 valence electrons. The predicted molar refractivity (Wildman–Crippen MR) is 119 cm³/mol. The second-order valence-corrected chi connectivity index (χ2v) is 7.91. The minimum absolute atomic E-state index is 0.0401. The summed E-state index contributed by atoms with van der Waals surface area (Å²) in [6.45, 7) is 1.79. The van der Waals surface area contributed by atoms with Gasteiger partial charge in [0.25, 0.3) is 11.6 Å². The smallest absolute Gasteiger partial charge is 0.335 e. The molecule has 0 fully saturated rings. The molecule has 1 amide bonds. The van der Waals surface area contributed by atoms with Crippen molar-refractivity contribution in [1.29, 1.82) is 0 Å². The Morgan fingerprint density at radius 1 is 1.16 bits per heavy atom. The van der Waals surface area contributed by atoms with Crippen molar-refractivity contribution in [1.82, 2.24) is 5.43 Å². The van der Waals surface area contributed by atoms with Gasteiger partial charge in [0.15, 0.2) is 0 Å². The van der Waals surface area contributed by atoms with Gasteiger partial charge in [0.2, 0.25) is 0 Å². The molecule has 0 aliphatic rings. The molecule has 4 aromatic rings. The average Bonchev–Trinajstić information content (AvgIpc) is 3.40. The predicted octanol–water partition coefficient (Wildman–Crippen LogP) is 4.84. The standard InChI is InChI=1S/C22H15N3O6S/c1-12-8-13(22(27)28)2-5-17(12)18-6-4-16(31-18)11-23-24-21(26)20-10-14-9-15(25(29)30)3-7-19(14)32-20/h2-11H,1H3,(H,24,26)(H,27,28)/b23-11-. The van der Waals surface area contributed by atoms with E-state index < -0.39 is 16.8 Å². The zero-order valence-electron chi connectivity index (χ0n) is 16.6. The van der Waals surface area contributed by atoms with Gasteiger partial charge in [-0.15, -0.1) is 11.3 Å². The minimum Gasteiger partial charge on any atom is -0.478 e. The number of nitro groups is 1. The van der Waals surface area contributed by atoms with Crippen molar-refractivity contribution in [3.63, 3.8) is 0 Å². The number of hydrogen-bond acceptors (Lipinski definition) is 7. The van der Waals surface area contributed by atoms with Crippen LogP contribution < -0.4 is 5.43 Å². The average molecular weight is 449 g/mol. The van der Waals surface area contributed by atoms with Gasteiger partial charge in [-0.1, -0.05) is 6.07 Å². The van der Waals surface area contributed by atoms with E-state index in [0.29, 0.717) is 21.8 Å². The first kappa shape index (κ1) is 20.9. The maximum atomic E-state index is 12.4. The van der Waals surface area contributed by atoms with Gasteiger partial charge in [-0.25, -0.2) is 10.2 Å². The Morgan fingerprint density at radius 3 is 2.69 bits per heavy atom. The number of hydrazone groups is 1. The Hall–Kier alpha value is -4.31. The lowest BCUT2D eigenvalue weighted by Crippen LogP contribution is -2.15. The highest BCUT2D eigenvalue weighted by Crippen LogP contribution is 2.29. The van der Waals surface area contributed by atoms with Crippen molar-refractivity contribution in [3.8, 4) is 11.3 Å². The number of carbonyl (C=O) groups is 2. The molecule has 0 atom stereocenters. The van der Waals surface area contributed by atoms with Crippen molar-refractivity contribution < 1.29 is 24.0 Å². The molecular weight excluding hydrogens is 434 g/mol. The topological polar surface area (TPSA) is 135 Å². The summed E-state index contributed by atoms with van der Waals surface area (Å²) in [4.78, 5) is 34.2. The zero-order chi connectivity index (χ0) is 22.8. The van der Waals surface area contributed by atoms with Crippen LogP contribution in [0.15, 0.2) is 64.1 Å². The fraction of sp³-hybridized carbons (Fsp3) is 0.0455. The summed E-state index contributed by atoms with van der Waals surface area (Å²) < 4.78 is 6.47. The molecular formula is C22H15N3O6S. The number of carboxylic acid groups (broad SMARTS) is 1. The number of carboxylic acids is 1. The van der Waals surface area contributed by atoms with Crippen molar-refractivity contribution in [3.05, 3.63) is 86.5 Å². The molecule has 0 aliphatic heterocycles. The van der Waals surface area contributed by atoms with Crippen LogP contribution in [0.1, 0.15) is 31.4 Å². The molecule has 0 aliphatic carbocycles. The number of benzene rings is 2. The van der Waals surface area contributed by atoms with E-state index in [9.17, 15) is 19.7 Å². The second-order valence-electron chi connectivity index (χ2n) is 6.83. The summed E-state index contributed by atoms with van der Waals surface area (Å²) in [6, 6.07) is 14.1. The van der Waals surface area contributed by atoms with Crippen LogP contribution in [0.4, 0.5) is 5.69 Å². The highest BCUT2D eigenvalue weighted by Gasteiger charge is 2.13. The highest BCUT2D eigenvalue weighted by molar-refractivity contribution is 7.20. The molecule has 0 radical (unpaired) electrons. The fourth-order valence-electron chi connectivity index (χ4n) is 3.11. The fourth-order valence-corrected chi connectivity index (χ4v) is 4.04. The van der Waals surface area contributed by atoms with Gasteiger partial charge in [-0.3, -0.25) is 14.9 Å². The zero-order valence-corrected chi connectivity index (χ0v) is 17.4. The van der Waals surface area contributed by atoms with E-state index in [1.165, 1.54) is 35.8 Å². The first-order valence-corrected chi connectivity index (χ1v) is 10.1. The maximum Gasteiger partial charge on any atom is 0.335 e. The van der Waals surface area contributed by atoms with E-state index in [0.717, 1.165) is 15.8 Å². The van der Waals surface area contributed by atoms with E-state index in [2.05, 4.69) is 10.5 Å². The Labute approximate surface area is 184 Å². The number of amides is 1. The van der Waals surface area contributed by atoms with Gasteiger partial charge < -0.3 is 9.52 Å². The largest absolute Gasteiger partial charge is 0.478 e. The number of hydrogen-bond donors (Lipinski definition) is 2. The van der Waals surface area contributed by atoms with Gasteiger partial charge in [-0.05, 0) is 48.9 Å². The number of rotatable bonds is 6. The van der Waals surface area contributed by atoms with Crippen LogP contribution in [0.25, 0.3) is 21.4 Å². The van der Waals surface area contributed by atoms with Crippen molar-refractivity contribution in [2.45, 2.75) is 6.92 Å². The third-order valence-electron chi connectivity index (χ3n) is 4.66. The number of nitrogens with zero attached hydrogens (tertiary/aromatic N) is 2. The van der Waals surface area contributed by atoms with Crippen LogP contribution in [0.3, 0.4) is 0 Å². The number of aromatic carboxylic acids is 1. The van der Waals surface area contributed by atoms with Crippen LogP contribution >= 0.6 is 11.3 Å². The lowest BCUT2D eigenvalue weighted by molar-refractivity contribution is -0.384. The Morgan fingerprint density at radius 2 is 1.97 bits per heavy atom. The van der Waals surface area contributed by atoms with Crippen LogP contribution in [-0.2, 0) is 0 Å². The number of nitro benzene ring substituents is 1. The third-order valence-corrected chi connectivity index (χ3v) is 5.77. The van der Waals surface area contributed by atoms with E-state index in [1.807, 2.05) is 0 Å². The van der Waals surface area contributed by atoms with Crippen molar-refractivity contribution in [2.75, 3.05) is 0 Å². The molecule has 10 heteroatoms. The molecule has 4 rings (SSSR count). The lowest BCUT2D eigenvalue weighted by atomic mass is 10.0. The normalized spacial score (nSPS) is 11.2. The maximum absolute atomic E-state index is 12.4. The third kappa shape index (κ3) is 4.25. The monoisotopic (exact) mass is 449 g/mol. The first-order valence-electron chi connectivity index (χ1n) is 9.27. The van der Waals surface area contributed by atoms with E-state index in [1.54, 1.807) is 43.3 Å². The van der Waals surface area contributed by atoms with Crippen molar-refractivity contribution >= 4 is 45.2 Å². The van der Waals surface area contributed by atoms with E-state index in [-0.39, 0.29) is 11.3 Å². The van der Waals surface area contributed by atoms with Gasteiger partial charge in [-0.2, -0.15) is 5.10 Å². The van der Waals surface area contributed by atoms with Gasteiger partial charge in [0.05, 0.1) is 21.6 Å². The van der Waals surface area contributed by atoms with Gasteiger partial charge in [0, 0.05) is 27.8 Å². The Kier molecular flexibility index (Phi) is 5.52. The van der Waals surface area contributed by atoms with Crippen LogP contribution in [-0.4, -0.2) is 28.1 Å². The van der Waals surface area contributed by atoms with Crippen molar-refractivity contribution in [2.24, 2.45) is 5.10 Å². The Balaban J connectivity index is 1.45. The first-order chi connectivity index (χ1) is 15.3. The molecule has 0 bridgehead atoms. The van der Waals surface area contributed by atoms with E-state index >= 15 is 0 Å². The number of non-ortho nitro benzene ring substituents is 1. The van der Waals surface area contributed by atoms with Crippen LogP contribution in [0.5, 0.6) is 0 Å². The number of aryl methyl sites for hydroxylation is 1. The minimum atomic E-state index is -1.00. The number of furan rings is 1. The summed E-state index contributed by atoms with van der Waals surface area (Å²) in [6.07, 6.45) is 1.35. The molecule has 2 aromatic heterocycles. The van der Waals surface area contributed by atoms with Crippen LogP contribution in [0.2, 0.25) is 0 Å². The summed E-state index contributed by atoms with van der Waals surface area (Å²) in [5, 5.41) is 24.5. The molecule has 2 heterocycles. The molecule has 9 nitrogen and oxygen atoms in total. The molecule has 0 saturated carbocycles. The highest BCUT2D eigenvalue weighted by atomic mass is 32.1. The second kappa shape index (κ2) is 8.44. The molecule has 2 N–H and O–H groups in total.